The average molecular weight is 398 g/mol. The third-order valence-electron chi connectivity index (χ3n) is 3.47. The maximum absolute atomic E-state index is 12.4. The van der Waals surface area contributed by atoms with Gasteiger partial charge in [-0.2, -0.15) is 0 Å². The summed E-state index contributed by atoms with van der Waals surface area (Å²) in [4.78, 5) is 16.7. The van der Waals surface area contributed by atoms with Crippen molar-refractivity contribution in [1.82, 2.24) is 4.98 Å². The van der Waals surface area contributed by atoms with Crippen LogP contribution in [0.25, 0.3) is 0 Å². The summed E-state index contributed by atoms with van der Waals surface area (Å²) in [6, 6.07) is 18.5. The number of nitrogens with zero attached hydrogens (tertiary/aromatic N) is 1. The van der Waals surface area contributed by atoms with Crippen molar-refractivity contribution in [3.05, 3.63) is 76.9 Å². The molecule has 1 heterocycles. The SMILES string of the molecule is COc1ccccc1C(=O)Nc1ccc(Nc2cccc(Br)c2)nc1. The molecule has 0 aliphatic carbocycles. The third-order valence-corrected chi connectivity index (χ3v) is 3.96. The topological polar surface area (TPSA) is 63.2 Å². The monoisotopic (exact) mass is 397 g/mol. The lowest BCUT2D eigenvalue weighted by atomic mass is 10.2. The van der Waals surface area contributed by atoms with E-state index in [1.807, 2.05) is 30.3 Å². The highest BCUT2D eigenvalue weighted by atomic mass is 79.9. The molecule has 0 fully saturated rings. The van der Waals surface area contributed by atoms with Gasteiger partial charge in [-0.25, -0.2) is 4.98 Å². The molecule has 0 aliphatic rings. The van der Waals surface area contributed by atoms with Crippen LogP contribution in [0.15, 0.2) is 71.3 Å². The summed E-state index contributed by atoms with van der Waals surface area (Å²) in [6.45, 7) is 0. The van der Waals surface area contributed by atoms with Crippen molar-refractivity contribution in [2.24, 2.45) is 0 Å². The number of nitrogens with one attached hydrogen (secondary N) is 2. The van der Waals surface area contributed by atoms with Crippen LogP contribution >= 0.6 is 15.9 Å². The summed E-state index contributed by atoms with van der Waals surface area (Å²) in [5, 5.41) is 6.02. The maximum atomic E-state index is 12.4. The molecule has 0 atom stereocenters. The molecule has 0 bridgehead atoms. The minimum absolute atomic E-state index is 0.244. The summed E-state index contributed by atoms with van der Waals surface area (Å²) in [7, 11) is 1.54. The number of aromatic nitrogens is 1. The van der Waals surface area contributed by atoms with Gasteiger partial charge >= 0.3 is 0 Å². The number of hydrogen-bond acceptors (Lipinski definition) is 4. The lowest BCUT2D eigenvalue weighted by Crippen LogP contribution is -2.13. The first-order valence-electron chi connectivity index (χ1n) is 7.59. The van der Waals surface area contributed by atoms with Gasteiger partial charge < -0.3 is 15.4 Å². The van der Waals surface area contributed by atoms with Gasteiger partial charge in [0.05, 0.1) is 24.6 Å². The van der Waals surface area contributed by atoms with E-state index in [1.165, 1.54) is 7.11 Å². The fourth-order valence-corrected chi connectivity index (χ4v) is 2.69. The van der Waals surface area contributed by atoms with Crippen molar-refractivity contribution in [3.8, 4) is 5.75 Å². The van der Waals surface area contributed by atoms with E-state index in [0.717, 1.165) is 10.2 Å². The van der Waals surface area contributed by atoms with Gasteiger partial charge in [-0.05, 0) is 42.5 Å². The number of hydrogen-bond donors (Lipinski definition) is 2. The average Bonchev–Trinajstić information content (AvgIpc) is 2.63. The van der Waals surface area contributed by atoms with E-state index in [9.17, 15) is 4.79 Å². The van der Waals surface area contributed by atoms with E-state index in [4.69, 9.17) is 4.74 Å². The second-order valence-electron chi connectivity index (χ2n) is 5.22. The van der Waals surface area contributed by atoms with Crippen molar-refractivity contribution in [2.75, 3.05) is 17.7 Å². The molecule has 5 nitrogen and oxygen atoms in total. The fourth-order valence-electron chi connectivity index (χ4n) is 2.29. The van der Waals surface area contributed by atoms with Crippen LogP contribution in [-0.4, -0.2) is 18.0 Å². The predicted molar refractivity (Wildman–Crippen MR) is 103 cm³/mol. The molecule has 1 amide bonds. The largest absolute Gasteiger partial charge is 0.496 e. The number of rotatable bonds is 5. The molecule has 3 rings (SSSR count). The molecule has 2 aromatic carbocycles. The van der Waals surface area contributed by atoms with E-state index >= 15 is 0 Å². The number of halogens is 1. The second-order valence-corrected chi connectivity index (χ2v) is 6.14. The summed E-state index contributed by atoms with van der Waals surface area (Å²) in [6.07, 6.45) is 1.60. The van der Waals surface area contributed by atoms with Gasteiger partial charge in [0, 0.05) is 10.2 Å². The molecule has 126 valence electrons. The Morgan fingerprint density at radius 3 is 2.60 bits per heavy atom. The van der Waals surface area contributed by atoms with Crippen molar-refractivity contribution in [3.63, 3.8) is 0 Å². The lowest BCUT2D eigenvalue weighted by molar-refractivity contribution is 0.102. The maximum Gasteiger partial charge on any atom is 0.259 e. The van der Waals surface area contributed by atoms with Crippen LogP contribution in [0.3, 0.4) is 0 Å². The van der Waals surface area contributed by atoms with Crippen LogP contribution in [0, 0.1) is 0 Å². The molecule has 0 radical (unpaired) electrons. The van der Waals surface area contributed by atoms with Crippen LogP contribution in [0.5, 0.6) is 5.75 Å². The van der Waals surface area contributed by atoms with Crippen molar-refractivity contribution in [1.29, 1.82) is 0 Å². The van der Waals surface area contributed by atoms with Gasteiger partial charge in [0.15, 0.2) is 0 Å². The number of carbonyl (C=O) groups excluding carboxylic acids is 1. The van der Waals surface area contributed by atoms with E-state index in [0.29, 0.717) is 22.8 Å². The number of carbonyl (C=O) groups is 1. The van der Waals surface area contributed by atoms with Gasteiger partial charge in [-0.3, -0.25) is 4.79 Å². The molecule has 25 heavy (non-hydrogen) atoms. The van der Waals surface area contributed by atoms with Gasteiger partial charge in [0.1, 0.15) is 11.6 Å². The number of para-hydroxylation sites is 1. The molecule has 1 aromatic heterocycles. The zero-order chi connectivity index (χ0) is 17.6. The number of anilines is 3. The van der Waals surface area contributed by atoms with E-state index < -0.39 is 0 Å². The Morgan fingerprint density at radius 1 is 1.04 bits per heavy atom. The molecule has 0 spiro atoms. The lowest BCUT2D eigenvalue weighted by Gasteiger charge is -2.10. The van der Waals surface area contributed by atoms with Crippen LogP contribution in [0.1, 0.15) is 10.4 Å². The molecule has 3 aromatic rings. The molecule has 0 aliphatic heterocycles. The summed E-state index contributed by atoms with van der Waals surface area (Å²) in [5.41, 5.74) is 2.00. The quantitative estimate of drug-likeness (QED) is 0.645. The fraction of sp³-hybridized carbons (Fsp3) is 0.0526. The van der Waals surface area contributed by atoms with Gasteiger partial charge in [-0.15, -0.1) is 0 Å². The van der Waals surface area contributed by atoms with Crippen LogP contribution < -0.4 is 15.4 Å². The van der Waals surface area contributed by atoms with E-state index in [-0.39, 0.29) is 5.91 Å². The Balaban J connectivity index is 1.69. The first kappa shape index (κ1) is 17.0. The Morgan fingerprint density at radius 2 is 1.88 bits per heavy atom. The second kappa shape index (κ2) is 7.81. The van der Waals surface area contributed by atoms with Crippen molar-refractivity contribution >= 4 is 39.0 Å². The number of amides is 1. The van der Waals surface area contributed by atoms with Gasteiger partial charge in [0.25, 0.3) is 5.91 Å². The Bertz CT molecular complexity index is 882. The molecule has 0 saturated heterocycles. The first-order valence-corrected chi connectivity index (χ1v) is 8.38. The third kappa shape index (κ3) is 4.36. The smallest absolute Gasteiger partial charge is 0.259 e. The first-order chi connectivity index (χ1) is 12.2. The van der Waals surface area contributed by atoms with Crippen LogP contribution in [0.4, 0.5) is 17.2 Å². The van der Waals surface area contributed by atoms with Gasteiger partial charge in [0.2, 0.25) is 0 Å². The zero-order valence-electron chi connectivity index (χ0n) is 13.5. The molecular formula is C19H16BrN3O2. The number of ether oxygens (including phenoxy) is 1. The molecule has 2 N–H and O–H groups in total. The highest BCUT2D eigenvalue weighted by Crippen LogP contribution is 2.21. The number of methoxy groups -OCH3 is 1. The van der Waals surface area contributed by atoms with Crippen molar-refractivity contribution < 1.29 is 9.53 Å². The standard InChI is InChI=1S/C19H16BrN3O2/c1-25-17-8-3-2-7-16(17)19(24)23-15-9-10-18(21-12-15)22-14-6-4-5-13(20)11-14/h2-12H,1H3,(H,21,22)(H,23,24). The Hall–Kier alpha value is -2.86. The molecule has 0 unspecified atom stereocenters. The molecule has 6 heteroatoms. The van der Waals surface area contributed by atoms with Crippen LogP contribution in [-0.2, 0) is 0 Å². The molecular weight excluding hydrogens is 382 g/mol. The van der Waals surface area contributed by atoms with Crippen molar-refractivity contribution in [2.45, 2.75) is 0 Å². The minimum Gasteiger partial charge on any atom is -0.496 e. The summed E-state index contributed by atoms with van der Waals surface area (Å²) >= 11 is 3.43. The highest BCUT2D eigenvalue weighted by molar-refractivity contribution is 9.10. The normalized spacial score (nSPS) is 10.2. The molecule has 0 saturated carbocycles. The van der Waals surface area contributed by atoms with E-state index in [2.05, 4.69) is 31.5 Å². The summed E-state index contributed by atoms with van der Waals surface area (Å²) in [5.74, 6) is 0.973. The zero-order valence-corrected chi connectivity index (χ0v) is 15.1. The Labute approximate surface area is 154 Å². The minimum atomic E-state index is -0.244. The predicted octanol–water partition coefficient (Wildman–Crippen LogP) is 4.85. The van der Waals surface area contributed by atoms with Gasteiger partial charge in [-0.1, -0.05) is 34.1 Å². The van der Waals surface area contributed by atoms with Crippen LogP contribution in [0.2, 0.25) is 0 Å². The summed E-state index contributed by atoms with van der Waals surface area (Å²) < 4.78 is 6.19. The highest BCUT2D eigenvalue weighted by Gasteiger charge is 2.11. The Kier molecular flexibility index (Phi) is 5.30. The van der Waals surface area contributed by atoms with E-state index in [1.54, 1.807) is 36.5 Å². The number of pyridine rings is 1. The number of benzene rings is 2.